The van der Waals surface area contributed by atoms with Crippen molar-refractivity contribution in [2.75, 3.05) is 11.9 Å². The number of hydrogen-bond acceptors (Lipinski definition) is 5. The predicted octanol–water partition coefficient (Wildman–Crippen LogP) is 3.33. The lowest BCUT2D eigenvalue weighted by Crippen LogP contribution is -2.26. The largest absolute Gasteiger partial charge is 0.362 e. The van der Waals surface area contributed by atoms with Crippen LogP contribution in [-0.4, -0.2) is 21.3 Å². The Morgan fingerprint density at radius 2 is 2.14 bits per heavy atom. The van der Waals surface area contributed by atoms with Gasteiger partial charge in [-0.1, -0.05) is 20.8 Å². The highest BCUT2D eigenvalue weighted by Gasteiger charge is 2.14. The van der Waals surface area contributed by atoms with E-state index in [-0.39, 0.29) is 11.5 Å². The molecule has 1 N–H and O–H groups in total. The summed E-state index contributed by atoms with van der Waals surface area (Å²) in [6, 6.07) is 1.88. The van der Waals surface area contributed by atoms with E-state index in [1.807, 2.05) is 25.3 Å². The van der Waals surface area contributed by atoms with E-state index in [1.165, 1.54) is 11.3 Å². The number of hydrogen-bond donors (Lipinski definition) is 1. The third-order valence-corrected chi connectivity index (χ3v) is 3.93. The molecule has 0 fully saturated rings. The molecule has 0 aliphatic rings. The molecule has 21 heavy (non-hydrogen) atoms. The first-order valence-corrected chi connectivity index (χ1v) is 8.26. The lowest BCUT2D eigenvalue weighted by atomic mass is 10.1. The molecule has 0 saturated heterocycles. The first-order chi connectivity index (χ1) is 10.1. The SMILES string of the molecule is CCCn1nc(C(C)C)cc(-c2csc(NCC)n2)c1=O. The minimum atomic E-state index is -0.0606. The Morgan fingerprint density at radius 1 is 1.38 bits per heavy atom. The first kappa shape index (κ1) is 15.7. The fourth-order valence-electron chi connectivity index (χ4n) is 2.02. The second kappa shape index (κ2) is 6.85. The molecule has 0 amide bonds. The summed E-state index contributed by atoms with van der Waals surface area (Å²) < 4.78 is 1.57. The van der Waals surface area contributed by atoms with Crippen LogP contribution in [0.1, 0.15) is 45.7 Å². The molecule has 5 nitrogen and oxygen atoms in total. The van der Waals surface area contributed by atoms with Crippen LogP contribution in [-0.2, 0) is 6.54 Å². The highest BCUT2D eigenvalue weighted by atomic mass is 32.1. The lowest BCUT2D eigenvalue weighted by molar-refractivity contribution is 0.548. The van der Waals surface area contributed by atoms with Gasteiger partial charge in [-0.05, 0) is 25.3 Å². The predicted molar refractivity (Wildman–Crippen MR) is 88.1 cm³/mol. The van der Waals surface area contributed by atoms with Gasteiger partial charge in [0.25, 0.3) is 5.56 Å². The Balaban J connectivity index is 2.52. The fraction of sp³-hybridized carbons (Fsp3) is 0.533. The number of nitrogens with zero attached hydrogens (tertiary/aromatic N) is 3. The zero-order valence-corrected chi connectivity index (χ0v) is 13.8. The van der Waals surface area contributed by atoms with Crippen LogP contribution in [0.5, 0.6) is 0 Å². The molecule has 6 heteroatoms. The van der Waals surface area contributed by atoms with Gasteiger partial charge in [0.05, 0.1) is 17.0 Å². The van der Waals surface area contributed by atoms with Crippen molar-refractivity contribution in [3.8, 4) is 11.3 Å². The van der Waals surface area contributed by atoms with Gasteiger partial charge in [-0.2, -0.15) is 5.10 Å². The average Bonchev–Trinajstić information content (AvgIpc) is 2.90. The van der Waals surface area contributed by atoms with Crippen LogP contribution in [0, 0.1) is 0 Å². The maximum absolute atomic E-state index is 12.5. The molecule has 0 aliphatic carbocycles. The maximum atomic E-state index is 12.5. The Hall–Kier alpha value is -1.69. The molecule has 2 aromatic rings. The van der Waals surface area contributed by atoms with E-state index in [4.69, 9.17) is 0 Å². The molecule has 2 heterocycles. The molecule has 0 aliphatic heterocycles. The maximum Gasteiger partial charge on any atom is 0.276 e. The molecule has 2 rings (SSSR count). The van der Waals surface area contributed by atoms with Gasteiger partial charge in [-0.15, -0.1) is 11.3 Å². The van der Waals surface area contributed by atoms with Crippen molar-refractivity contribution in [2.45, 2.75) is 46.6 Å². The zero-order chi connectivity index (χ0) is 15.4. The van der Waals surface area contributed by atoms with Crippen molar-refractivity contribution in [1.29, 1.82) is 0 Å². The molecule has 0 unspecified atom stereocenters. The van der Waals surface area contributed by atoms with E-state index in [1.54, 1.807) is 4.68 Å². The Labute approximate surface area is 129 Å². The third kappa shape index (κ3) is 3.50. The van der Waals surface area contributed by atoms with Gasteiger partial charge >= 0.3 is 0 Å². The smallest absolute Gasteiger partial charge is 0.276 e. The molecule has 0 saturated carbocycles. The van der Waals surface area contributed by atoms with E-state index in [2.05, 4.69) is 29.2 Å². The summed E-state index contributed by atoms with van der Waals surface area (Å²) in [6.07, 6.45) is 0.883. The summed E-state index contributed by atoms with van der Waals surface area (Å²) >= 11 is 1.52. The highest BCUT2D eigenvalue weighted by Crippen LogP contribution is 2.24. The topological polar surface area (TPSA) is 59.8 Å². The summed E-state index contributed by atoms with van der Waals surface area (Å²) in [4.78, 5) is 17.0. The second-order valence-electron chi connectivity index (χ2n) is 5.23. The molecule has 0 bridgehead atoms. The van der Waals surface area contributed by atoms with Crippen molar-refractivity contribution in [3.63, 3.8) is 0 Å². The Morgan fingerprint density at radius 3 is 2.76 bits per heavy atom. The summed E-state index contributed by atoms with van der Waals surface area (Å²) in [5, 5.41) is 10.4. The van der Waals surface area contributed by atoms with E-state index < -0.39 is 0 Å². The number of thiazole rings is 1. The van der Waals surface area contributed by atoms with Gasteiger partial charge in [0.15, 0.2) is 5.13 Å². The molecule has 0 spiro atoms. The number of rotatable bonds is 6. The van der Waals surface area contributed by atoms with E-state index in [0.29, 0.717) is 12.1 Å². The van der Waals surface area contributed by atoms with Crippen LogP contribution >= 0.6 is 11.3 Å². The van der Waals surface area contributed by atoms with Crippen LogP contribution < -0.4 is 10.9 Å². The van der Waals surface area contributed by atoms with Crippen LogP contribution in [0.4, 0.5) is 5.13 Å². The minimum absolute atomic E-state index is 0.0606. The van der Waals surface area contributed by atoms with E-state index >= 15 is 0 Å². The van der Waals surface area contributed by atoms with Gasteiger partial charge in [0.1, 0.15) is 0 Å². The average molecular weight is 306 g/mol. The molecule has 0 atom stereocenters. The summed E-state index contributed by atoms with van der Waals surface area (Å²) in [5.74, 6) is 0.277. The van der Waals surface area contributed by atoms with Gasteiger partial charge in [0.2, 0.25) is 0 Å². The van der Waals surface area contributed by atoms with Gasteiger partial charge < -0.3 is 5.32 Å². The van der Waals surface area contributed by atoms with Crippen molar-refractivity contribution in [3.05, 3.63) is 27.5 Å². The Bertz CT molecular complexity index is 660. The van der Waals surface area contributed by atoms with Crippen molar-refractivity contribution in [1.82, 2.24) is 14.8 Å². The Kier molecular flexibility index (Phi) is 5.12. The van der Waals surface area contributed by atoms with Crippen LogP contribution in [0.15, 0.2) is 16.2 Å². The fourth-order valence-corrected chi connectivity index (χ4v) is 2.80. The summed E-state index contributed by atoms with van der Waals surface area (Å²) in [5.41, 5.74) is 2.24. The van der Waals surface area contributed by atoms with E-state index in [0.717, 1.165) is 29.5 Å². The third-order valence-electron chi connectivity index (χ3n) is 3.13. The molecule has 2 aromatic heterocycles. The highest BCUT2D eigenvalue weighted by molar-refractivity contribution is 7.14. The van der Waals surface area contributed by atoms with Gasteiger partial charge in [0, 0.05) is 18.5 Å². The second-order valence-corrected chi connectivity index (χ2v) is 6.09. The standard InChI is InChI=1S/C15H22N4OS/c1-5-7-19-14(20)11(8-12(18-19)10(3)4)13-9-21-15(17-13)16-6-2/h8-10H,5-7H2,1-4H3,(H,16,17). The lowest BCUT2D eigenvalue weighted by Gasteiger charge is -2.11. The monoisotopic (exact) mass is 306 g/mol. The van der Waals surface area contributed by atoms with Crippen molar-refractivity contribution in [2.24, 2.45) is 0 Å². The normalized spacial score (nSPS) is 11.1. The number of aromatic nitrogens is 3. The zero-order valence-electron chi connectivity index (χ0n) is 13.0. The van der Waals surface area contributed by atoms with Crippen LogP contribution in [0.25, 0.3) is 11.3 Å². The summed E-state index contributed by atoms with van der Waals surface area (Å²) in [6.45, 7) is 9.69. The van der Waals surface area contributed by atoms with E-state index in [9.17, 15) is 4.79 Å². The number of aryl methyl sites for hydroxylation is 1. The summed E-state index contributed by atoms with van der Waals surface area (Å²) in [7, 11) is 0. The quantitative estimate of drug-likeness (QED) is 0.889. The molecular formula is C15H22N4OS. The molecule has 114 valence electrons. The number of anilines is 1. The van der Waals surface area contributed by atoms with Crippen molar-refractivity contribution < 1.29 is 0 Å². The van der Waals surface area contributed by atoms with Gasteiger partial charge in [-0.3, -0.25) is 4.79 Å². The minimum Gasteiger partial charge on any atom is -0.362 e. The number of nitrogens with one attached hydrogen (secondary N) is 1. The van der Waals surface area contributed by atoms with Gasteiger partial charge in [-0.25, -0.2) is 9.67 Å². The molecule has 0 aromatic carbocycles. The first-order valence-electron chi connectivity index (χ1n) is 7.38. The molecule has 0 radical (unpaired) electrons. The molecular weight excluding hydrogens is 284 g/mol. The van der Waals surface area contributed by atoms with Crippen LogP contribution in [0.2, 0.25) is 0 Å². The van der Waals surface area contributed by atoms with Crippen molar-refractivity contribution >= 4 is 16.5 Å². The van der Waals surface area contributed by atoms with Crippen LogP contribution in [0.3, 0.4) is 0 Å².